The van der Waals surface area contributed by atoms with Crippen molar-refractivity contribution < 1.29 is 19.1 Å². The van der Waals surface area contributed by atoms with E-state index in [9.17, 15) is 9.59 Å². The van der Waals surface area contributed by atoms with Gasteiger partial charge in [0.1, 0.15) is 5.75 Å². The van der Waals surface area contributed by atoms with Crippen LogP contribution < -0.4 is 10.1 Å². The first kappa shape index (κ1) is 18.3. The number of methoxy groups -OCH3 is 1. The second-order valence-electron chi connectivity index (χ2n) is 5.54. The van der Waals surface area contributed by atoms with Crippen LogP contribution in [0.4, 0.5) is 5.69 Å². The lowest BCUT2D eigenvalue weighted by atomic mass is 10.2. The van der Waals surface area contributed by atoms with Crippen LogP contribution in [0.2, 0.25) is 0 Å². The van der Waals surface area contributed by atoms with Gasteiger partial charge < -0.3 is 14.8 Å². The molecule has 0 bridgehead atoms. The van der Waals surface area contributed by atoms with Crippen LogP contribution in [0.3, 0.4) is 0 Å². The number of benzene rings is 2. The van der Waals surface area contributed by atoms with E-state index >= 15 is 0 Å². The summed E-state index contributed by atoms with van der Waals surface area (Å²) in [6, 6.07) is 14.6. The molecule has 0 aliphatic carbocycles. The van der Waals surface area contributed by atoms with Gasteiger partial charge in [0.15, 0.2) is 6.10 Å². The number of amides is 1. The molecule has 0 fully saturated rings. The van der Waals surface area contributed by atoms with Crippen molar-refractivity contribution in [2.75, 3.05) is 12.4 Å². The first-order chi connectivity index (χ1) is 12.0. The van der Waals surface area contributed by atoms with E-state index in [-0.39, 0.29) is 5.91 Å². The number of hydrogen-bond acceptors (Lipinski definition) is 4. The molecule has 2 rings (SSSR count). The van der Waals surface area contributed by atoms with Gasteiger partial charge in [0.2, 0.25) is 0 Å². The highest BCUT2D eigenvalue weighted by Crippen LogP contribution is 2.13. The summed E-state index contributed by atoms with van der Waals surface area (Å²) in [4.78, 5) is 23.9. The quantitative estimate of drug-likeness (QED) is 0.645. The highest BCUT2D eigenvalue weighted by atomic mass is 16.5. The highest BCUT2D eigenvalue weighted by molar-refractivity contribution is 5.96. The van der Waals surface area contributed by atoms with E-state index in [4.69, 9.17) is 9.47 Å². The normalized spacial score (nSPS) is 11.8. The molecule has 0 aromatic heterocycles. The molecule has 0 radical (unpaired) electrons. The zero-order valence-corrected chi connectivity index (χ0v) is 14.5. The van der Waals surface area contributed by atoms with Gasteiger partial charge in [-0.2, -0.15) is 0 Å². The fraction of sp³-hybridized carbons (Fsp3) is 0.200. The third-order valence-electron chi connectivity index (χ3n) is 3.51. The van der Waals surface area contributed by atoms with Gasteiger partial charge in [-0.25, -0.2) is 4.79 Å². The molecule has 0 spiro atoms. The van der Waals surface area contributed by atoms with Crippen LogP contribution in [-0.2, 0) is 14.3 Å². The molecule has 5 heteroatoms. The number of nitrogens with one attached hydrogen (secondary N) is 1. The van der Waals surface area contributed by atoms with E-state index in [1.165, 1.54) is 13.0 Å². The van der Waals surface area contributed by atoms with Crippen molar-refractivity contribution in [3.05, 3.63) is 65.7 Å². The summed E-state index contributed by atoms with van der Waals surface area (Å²) in [5.41, 5.74) is 2.59. The molecule has 0 aliphatic rings. The van der Waals surface area contributed by atoms with Gasteiger partial charge in [0, 0.05) is 11.8 Å². The van der Waals surface area contributed by atoms with E-state index in [2.05, 4.69) is 5.32 Å². The molecule has 0 saturated carbocycles. The standard InChI is InChI=1S/C20H21NO4/c1-14-4-9-17(10-5-14)21-20(23)15(2)25-19(22)13-8-16-6-11-18(24-3)12-7-16/h4-13,15H,1-3H3,(H,21,23)/b13-8+/t15-/m0/s1. The second-order valence-corrected chi connectivity index (χ2v) is 5.54. The summed E-state index contributed by atoms with van der Waals surface area (Å²) in [7, 11) is 1.59. The summed E-state index contributed by atoms with van der Waals surface area (Å²) in [5, 5.41) is 2.71. The fourth-order valence-electron chi connectivity index (χ4n) is 2.03. The van der Waals surface area contributed by atoms with Crippen molar-refractivity contribution in [3.63, 3.8) is 0 Å². The van der Waals surface area contributed by atoms with Crippen LogP contribution in [-0.4, -0.2) is 25.1 Å². The summed E-state index contributed by atoms with van der Waals surface area (Å²) in [5.74, 6) is -0.224. The molecule has 2 aromatic carbocycles. The summed E-state index contributed by atoms with van der Waals surface area (Å²) in [6.45, 7) is 3.49. The maximum Gasteiger partial charge on any atom is 0.331 e. The summed E-state index contributed by atoms with van der Waals surface area (Å²) < 4.78 is 10.2. The molecule has 0 saturated heterocycles. The van der Waals surface area contributed by atoms with E-state index in [0.717, 1.165) is 16.9 Å². The van der Waals surface area contributed by atoms with Crippen molar-refractivity contribution in [3.8, 4) is 5.75 Å². The zero-order valence-electron chi connectivity index (χ0n) is 14.5. The molecule has 1 amide bonds. The van der Waals surface area contributed by atoms with Crippen molar-refractivity contribution in [2.45, 2.75) is 20.0 Å². The molecule has 0 aliphatic heterocycles. The lowest BCUT2D eigenvalue weighted by Crippen LogP contribution is -2.29. The molecule has 0 heterocycles. The molecule has 2 aromatic rings. The predicted molar refractivity (Wildman–Crippen MR) is 97.4 cm³/mol. The maximum atomic E-state index is 12.1. The van der Waals surface area contributed by atoms with Gasteiger partial charge in [-0.1, -0.05) is 29.8 Å². The number of carbonyl (C=O) groups is 2. The fourth-order valence-corrected chi connectivity index (χ4v) is 2.03. The Bertz CT molecular complexity index is 748. The van der Waals surface area contributed by atoms with Crippen LogP contribution in [0.25, 0.3) is 6.08 Å². The lowest BCUT2D eigenvalue weighted by molar-refractivity contribution is -0.148. The van der Waals surface area contributed by atoms with E-state index < -0.39 is 12.1 Å². The Morgan fingerprint density at radius 3 is 2.28 bits per heavy atom. The van der Waals surface area contributed by atoms with Crippen molar-refractivity contribution in [1.29, 1.82) is 0 Å². The lowest BCUT2D eigenvalue weighted by Gasteiger charge is -2.12. The average molecular weight is 339 g/mol. The maximum absolute atomic E-state index is 12.1. The van der Waals surface area contributed by atoms with Crippen LogP contribution in [0.5, 0.6) is 5.75 Å². The van der Waals surface area contributed by atoms with Crippen LogP contribution in [0, 0.1) is 6.92 Å². The highest BCUT2D eigenvalue weighted by Gasteiger charge is 2.16. The SMILES string of the molecule is COc1ccc(/C=C/C(=O)O[C@@H](C)C(=O)Nc2ccc(C)cc2)cc1. The molecular weight excluding hydrogens is 318 g/mol. The third-order valence-corrected chi connectivity index (χ3v) is 3.51. The van der Waals surface area contributed by atoms with Gasteiger partial charge in [-0.15, -0.1) is 0 Å². The summed E-state index contributed by atoms with van der Waals surface area (Å²) >= 11 is 0. The number of esters is 1. The monoisotopic (exact) mass is 339 g/mol. The molecule has 5 nitrogen and oxygen atoms in total. The van der Waals surface area contributed by atoms with Gasteiger partial charge in [0.25, 0.3) is 5.91 Å². The Hall–Kier alpha value is -3.08. The smallest absolute Gasteiger partial charge is 0.331 e. The molecule has 130 valence electrons. The predicted octanol–water partition coefficient (Wildman–Crippen LogP) is 3.59. The molecule has 0 unspecified atom stereocenters. The van der Waals surface area contributed by atoms with E-state index in [1.807, 2.05) is 31.2 Å². The van der Waals surface area contributed by atoms with Crippen molar-refractivity contribution in [1.82, 2.24) is 0 Å². The van der Waals surface area contributed by atoms with Gasteiger partial charge in [-0.3, -0.25) is 4.79 Å². The molecule has 1 N–H and O–H groups in total. The van der Waals surface area contributed by atoms with Crippen LogP contribution in [0.15, 0.2) is 54.6 Å². The van der Waals surface area contributed by atoms with Gasteiger partial charge in [-0.05, 0) is 49.8 Å². The summed E-state index contributed by atoms with van der Waals surface area (Å²) in [6.07, 6.45) is 2.01. The number of rotatable bonds is 6. The van der Waals surface area contributed by atoms with Gasteiger partial charge >= 0.3 is 5.97 Å². The minimum Gasteiger partial charge on any atom is -0.497 e. The van der Waals surface area contributed by atoms with E-state index in [1.54, 1.807) is 37.5 Å². The second kappa shape index (κ2) is 8.68. The number of anilines is 1. The Balaban J connectivity index is 1.86. The Kier molecular flexibility index (Phi) is 6.34. The number of aryl methyl sites for hydroxylation is 1. The number of ether oxygens (including phenoxy) is 2. The van der Waals surface area contributed by atoms with Crippen molar-refractivity contribution >= 4 is 23.6 Å². The number of carbonyl (C=O) groups excluding carboxylic acids is 2. The minimum absolute atomic E-state index is 0.380. The Morgan fingerprint density at radius 2 is 1.68 bits per heavy atom. The first-order valence-electron chi connectivity index (χ1n) is 7.88. The zero-order chi connectivity index (χ0) is 18.2. The average Bonchev–Trinajstić information content (AvgIpc) is 2.62. The largest absolute Gasteiger partial charge is 0.497 e. The third kappa shape index (κ3) is 5.80. The van der Waals surface area contributed by atoms with Crippen molar-refractivity contribution in [2.24, 2.45) is 0 Å². The molecular formula is C20H21NO4. The van der Waals surface area contributed by atoms with E-state index in [0.29, 0.717) is 5.69 Å². The van der Waals surface area contributed by atoms with Crippen LogP contribution in [0.1, 0.15) is 18.1 Å². The Labute approximate surface area is 147 Å². The molecule has 25 heavy (non-hydrogen) atoms. The van der Waals surface area contributed by atoms with Gasteiger partial charge in [0.05, 0.1) is 7.11 Å². The first-order valence-corrected chi connectivity index (χ1v) is 7.88. The van der Waals surface area contributed by atoms with Crippen LogP contribution >= 0.6 is 0 Å². The number of hydrogen-bond donors (Lipinski definition) is 1. The molecule has 1 atom stereocenters. The minimum atomic E-state index is -0.894. The Morgan fingerprint density at radius 1 is 1.04 bits per heavy atom. The topological polar surface area (TPSA) is 64.6 Å².